The number of halogens is 1. The van der Waals surface area contributed by atoms with Crippen LogP contribution >= 0.6 is 11.6 Å². The molecule has 0 aliphatic carbocycles. The fourth-order valence-electron chi connectivity index (χ4n) is 3.50. The number of nitro groups is 1. The van der Waals surface area contributed by atoms with E-state index in [2.05, 4.69) is 11.8 Å². The van der Waals surface area contributed by atoms with E-state index in [1.807, 2.05) is 50.5 Å². The van der Waals surface area contributed by atoms with Gasteiger partial charge in [0.25, 0.3) is 5.69 Å². The molecular formula is C25H31ClN2O4. The Kier molecular flexibility index (Phi) is 10.4. The molecule has 0 aromatic heterocycles. The first-order chi connectivity index (χ1) is 15.3. The van der Waals surface area contributed by atoms with Crippen molar-refractivity contribution in [2.45, 2.75) is 38.7 Å². The molecule has 2 aromatic carbocycles. The highest BCUT2D eigenvalue weighted by atomic mass is 35.5. The van der Waals surface area contributed by atoms with Crippen molar-refractivity contribution in [3.8, 4) is 0 Å². The maximum absolute atomic E-state index is 12.9. The third-order valence-corrected chi connectivity index (χ3v) is 5.51. The van der Waals surface area contributed by atoms with Crippen molar-refractivity contribution in [1.29, 1.82) is 0 Å². The molecule has 2 aromatic rings. The molecule has 2 rings (SSSR count). The molecule has 0 amide bonds. The Labute approximate surface area is 195 Å². The van der Waals surface area contributed by atoms with Gasteiger partial charge in [-0.25, -0.2) is 4.79 Å². The van der Waals surface area contributed by atoms with E-state index in [1.54, 1.807) is 0 Å². The minimum Gasteiger partial charge on any atom is -0.454 e. The highest BCUT2D eigenvalue weighted by Gasteiger charge is 2.24. The van der Waals surface area contributed by atoms with Crippen molar-refractivity contribution < 1.29 is 14.5 Å². The predicted octanol–water partition coefficient (Wildman–Crippen LogP) is 6.25. The Balaban J connectivity index is 2.28. The number of carbonyl (C=O) groups is 1. The number of benzene rings is 2. The van der Waals surface area contributed by atoms with Crippen LogP contribution in [-0.2, 0) is 4.74 Å². The minimum absolute atomic E-state index is 0.0678. The lowest BCUT2D eigenvalue weighted by atomic mass is 9.93. The summed E-state index contributed by atoms with van der Waals surface area (Å²) in [5.74, 6) is -0.412. The monoisotopic (exact) mass is 458 g/mol. The summed E-state index contributed by atoms with van der Waals surface area (Å²) in [4.78, 5) is 25.4. The summed E-state index contributed by atoms with van der Waals surface area (Å²) in [6.07, 6.45) is 7.49. The summed E-state index contributed by atoms with van der Waals surface area (Å²) in [5.41, 5.74) is 1.06. The topological polar surface area (TPSA) is 72.7 Å². The van der Waals surface area contributed by atoms with Crippen LogP contribution in [0.15, 0.2) is 54.6 Å². The van der Waals surface area contributed by atoms with E-state index in [1.165, 1.54) is 24.3 Å². The van der Waals surface area contributed by atoms with Crippen molar-refractivity contribution >= 4 is 29.3 Å². The van der Waals surface area contributed by atoms with Gasteiger partial charge in [0.05, 0.1) is 10.5 Å². The number of rotatable bonds is 12. The fourth-order valence-corrected chi connectivity index (χ4v) is 3.70. The predicted molar refractivity (Wildman–Crippen MR) is 129 cm³/mol. The SMILES string of the molecule is CCCCCC(CN(C)C)C(/C=C/c1ccccc1Cl)OC(=O)c1ccc([N+](=O)[O-])cc1. The van der Waals surface area contributed by atoms with Crippen LogP contribution in [0.1, 0.15) is 48.5 Å². The largest absolute Gasteiger partial charge is 0.454 e. The molecule has 7 heteroatoms. The molecular weight excluding hydrogens is 428 g/mol. The Bertz CT molecular complexity index is 912. The Morgan fingerprint density at radius 2 is 1.84 bits per heavy atom. The van der Waals surface area contributed by atoms with Crippen molar-refractivity contribution in [2.75, 3.05) is 20.6 Å². The van der Waals surface area contributed by atoms with Crippen molar-refractivity contribution in [3.05, 3.63) is 80.9 Å². The normalized spacial score (nSPS) is 13.3. The fraction of sp³-hybridized carbons (Fsp3) is 0.400. The molecule has 172 valence electrons. The number of esters is 1. The lowest BCUT2D eigenvalue weighted by Gasteiger charge is -2.27. The second-order valence-electron chi connectivity index (χ2n) is 8.07. The van der Waals surface area contributed by atoms with Crippen molar-refractivity contribution in [3.63, 3.8) is 0 Å². The van der Waals surface area contributed by atoms with Gasteiger partial charge in [0, 0.05) is 29.6 Å². The Hall–Kier alpha value is -2.70. The number of hydrogen-bond acceptors (Lipinski definition) is 5. The summed E-state index contributed by atoms with van der Waals surface area (Å²) in [5, 5.41) is 11.5. The van der Waals surface area contributed by atoms with E-state index in [4.69, 9.17) is 16.3 Å². The van der Waals surface area contributed by atoms with E-state index >= 15 is 0 Å². The van der Waals surface area contributed by atoms with Gasteiger partial charge in [0.2, 0.25) is 0 Å². The number of ether oxygens (including phenoxy) is 1. The summed E-state index contributed by atoms with van der Waals surface area (Å²) in [6, 6.07) is 13.0. The zero-order valence-electron chi connectivity index (χ0n) is 18.9. The number of nitrogens with zero attached hydrogens (tertiary/aromatic N) is 2. The molecule has 0 N–H and O–H groups in total. The third-order valence-electron chi connectivity index (χ3n) is 5.17. The van der Waals surface area contributed by atoms with Crippen molar-refractivity contribution in [2.24, 2.45) is 5.92 Å². The van der Waals surface area contributed by atoms with Crippen LogP contribution in [0, 0.1) is 16.0 Å². The number of non-ortho nitro benzene ring substituents is 1. The van der Waals surface area contributed by atoms with E-state index in [9.17, 15) is 14.9 Å². The summed E-state index contributed by atoms with van der Waals surface area (Å²) >= 11 is 6.29. The summed E-state index contributed by atoms with van der Waals surface area (Å²) in [6.45, 7) is 2.92. The van der Waals surface area contributed by atoms with Crippen LogP contribution in [0.4, 0.5) is 5.69 Å². The zero-order valence-corrected chi connectivity index (χ0v) is 19.6. The highest BCUT2D eigenvalue weighted by molar-refractivity contribution is 6.32. The third kappa shape index (κ3) is 8.09. The zero-order chi connectivity index (χ0) is 23.5. The van der Waals surface area contributed by atoms with Gasteiger partial charge in [-0.2, -0.15) is 0 Å². The number of nitro benzene ring substituents is 1. The van der Waals surface area contributed by atoms with Crippen LogP contribution < -0.4 is 0 Å². The maximum Gasteiger partial charge on any atom is 0.338 e. The Morgan fingerprint density at radius 3 is 2.44 bits per heavy atom. The molecule has 32 heavy (non-hydrogen) atoms. The highest BCUT2D eigenvalue weighted by Crippen LogP contribution is 2.24. The lowest BCUT2D eigenvalue weighted by molar-refractivity contribution is -0.384. The van der Waals surface area contributed by atoms with Gasteiger partial charge in [-0.15, -0.1) is 0 Å². The first-order valence-corrected chi connectivity index (χ1v) is 11.2. The smallest absolute Gasteiger partial charge is 0.338 e. The molecule has 0 bridgehead atoms. The van der Waals surface area contributed by atoms with E-state index < -0.39 is 17.0 Å². The van der Waals surface area contributed by atoms with E-state index in [-0.39, 0.29) is 17.2 Å². The van der Waals surface area contributed by atoms with Crippen LogP contribution in [-0.4, -0.2) is 42.5 Å². The van der Waals surface area contributed by atoms with Gasteiger partial charge >= 0.3 is 5.97 Å². The van der Waals surface area contributed by atoms with Gasteiger partial charge in [-0.05, 0) is 50.4 Å². The first-order valence-electron chi connectivity index (χ1n) is 10.8. The first kappa shape index (κ1) is 25.6. The summed E-state index contributed by atoms with van der Waals surface area (Å²) < 4.78 is 5.93. The Morgan fingerprint density at radius 1 is 1.16 bits per heavy atom. The molecule has 0 aliphatic heterocycles. The molecule has 0 radical (unpaired) electrons. The number of hydrogen-bond donors (Lipinski definition) is 0. The van der Waals surface area contributed by atoms with E-state index in [0.717, 1.165) is 37.8 Å². The standard InChI is InChI=1S/C25H31ClN2O4/c1-4-5-6-10-21(18-27(2)3)24(17-14-19-9-7-8-11-23(19)26)32-25(29)20-12-15-22(16-13-20)28(30)31/h7-9,11-17,21,24H,4-6,10,18H2,1-3H3/b17-14+. The second-order valence-corrected chi connectivity index (χ2v) is 8.48. The number of unbranched alkanes of at least 4 members (excludes halogenated alkanes) is 2. The van der Waals surface area contributed by atoms with Gasteiger partial charge < -0.3 is 9.64 Å². The van der Waals surface area contributed by atoms with Crippen LogP contribution in [0.25, 0.3) is 6.08 Å². The molecule has 0 heterocycles. The molecule has 0 spiro atoms. The van der Waals surface area contributed by atoms with Crippen LogP contribution in [0.3, 0.4) is 0 Å². The number of carbonyl (C=O) groups excluding carboxylic acids is 1. The minimum atomic E-state index is -0.507. The average molecular weight is 459 g/mol. The molecule has 0 saturated heterocycles. The van der Waals surface area contributed by atoms with Gasteiger partial charge in [0.1, 0.15) is 6.10 Å². The van der Waals surface area contributed by atoms with Gasteiger partial charge in [-0.1, -0.05) is 62.1 Å². The van der Waals surface area contributed by atoms with Gasteiger partial charge in [-0.3, -0.25) is 10.1 Å². The molecule has 2 atom stereocenters. The van der Waals surface area contributed by atoms with Crippen LogP contribution in [0.2, 0.25) is 5.02 Å². The molecule has 0 saturated carbocycles. The average Bonchev–Trinajstić information content (AvgIpc) is 2.76. The summed E-state index contributed by atoms with van der Waals surface area (Å²) in [7, 11) is 4.00. The van der Waals surface area contributed by atoms with Crippen molar-refractivity contribution in [1.82, 2.24) is 4.90 Å². The van der Waals surface area contributed by atoms with Crippen LogP contribution in [0.5, 0.6) is 0 Å². The molecule has 0 fully saturated rings. The molecule has 2 unspecified atom stereocenters. The quantitative estimate of drug-likeness (QED) is 0.163. The molecule has 0 aliphatic rings. The second kappa shape index (κ2) is 13.0. The molecule has 6 nitrogen and oxygen atoms in total. The van der Waals surface area contributed by atoms with E-state index in [0.29, 0.717) is 5.02 Å². The lowest BCUT2D eigenvalue weighted by Crippen LogP contribution is -2.33. The maximum atomic E-state index is 12.9. The van der Waals surface area contributed by atoms with Gasteiger partial charge in [0.15, 0.2) is 0 Å².